The lowest BCUT2D eigenvalue weighted by Gasteiger charge is -2.46. The highest BCUT2D eigenvalue weighted by Gasteiger charge is 2.49. The Kier molecular flexibility index (Phi) is 4.13. The number of likely N-dealkylation sites (tertiary alicyclic amines) is 1. The third kappa shape index (κ3) is 2.73. The van der Waals surface area contributed by atoms with E-state index in [1.54, 1.807) is 11.0 Å². The molecule has 2 fully saturated rings. The van der Waals surface area contributed by atoms with Crippen molar-refractivity contribution in [2.24, 2.45) is 11.8 Å². The lowest BCUT2D eigenvalue weighted by atomic mass is 9.63. The van der Waals surface area contributed by atoms with Crippen molar-refractivity contribution < 1.29 is 19.1 Å². The van der Waals surface area contributed by atoms with Crippen LogP contribution in [0.3, 0.4) is 0 Å². The van der Waals surface area contributed by atoms with Crippen LogP contribution in [-0.4, -0.2) is 35.0 Å². The van der Waals surface area contributed by atoms with Crippen LogP contribution in [0.5, 0.6) is 0 Å². The molecule has 0 spiro atoms. The molecule has 1 aliphatic heterocycles. The van der Waals surface area contributed by atoms with Crippen LogP contribution in [0.4, 0.5) is 4.39 Å². The summed E-state index contributed by atoms with van der Waals surface area (Å²) in [6.07, 6.45) is 2.93. The quantitative estimate of drug-likeness (QED) is 0.932. The second kappa shape index (κ2) is 5.95. The van der Waals surface area contributed by atoms with E-state index >= 15 is 0 Å². The number of halogens is 1. The molecule has 1 aromatic rings. The van der Waals surface area contributed by atoms with Gasteiger partial charge in [0.15, 0.2) is 0 Å². The van der Waals surface area contributed by atoms with E-state index in [9.17, 15) is 19.1 Å². The highest BCUT2D eigenvalue weighted by Crippen LogP contribution is 2.46. The Morgan fingerprint density at radius 2 is 2.09 bits per heavy atom. The van der Waals surface area contributed by atoms with Crippen molar-refractivity contribution in [1.29, 1.82) is 0 Å². The van der Waals surface area contributed by atoms with Crippen molar-refractivity contribution in [3.05, 3.63) is 35.6 Å². The Balaban J connectivity index is 1.80. The molecule has 2 aliphatic rings. The Morgan fingerprint density at radius 3 is 2.61 bits per heavy atom. The smallest absolute Gasteiger partial charge is 0.306 e. The molecule has 5 heteroatoms. The van der Waals surface area contributed by atoms with Crippen LogP contribution in [0.25, 0.3) is 0 Å². The fourth-order valence-electron chi connectivity index (χ4n) is 3.94. The zero-order valence-electron chi connectivity index (χ0n) is 13.3. The molecule has 23 heavy (non-hydrogen) atoms. The fourth-order valence-corrected chi connectivity index (χ4v) is 3.94. The number of benzene rings is 1. The first kappa shape index (κ1) is 16.0. The van der Waals surface area contributed by atoms with Crippen molar-refractivity contribution in [1.82, 2.24) is 4.90 Å². The van der Waals surface area contributed by atoms with Crippen LogP contribution in [0, 0.1) is 17.7 Å². The number of carboxylic acid groups (broad SMARTS) is 1. The van der Waals surface area contributed by atoms with Crippen molar-refractivity contribution in [2.75, 3.05) is 13.1 Å². The number of piperidine rings is 1. The maximum Gasteiger partial charge on any atom is 0.306 e. The minimum atomic E-state index is -0.784. The molecule has 0 radical (unpaired) electrons. The van der Waals surface area contributed by atoms with E-state index in [1.807, 2.05) is 13.0 Å². The monoisotopic (exact) mass is 319 g/mol. The summed E-state index contributed by atoms with van der Waals surface area (Å²) in [4.78, 5) is 26.1. The molecule has 2 unspecified atom stereocenters. The van der Waals surface area contributed by atoms with E-state index in [0.29, 0.717) is 19.5 Å². The van der Waals surface area contributed by atoms with Gasteiger partial charge in [0.2, 0.25) is 5.91 Å². The highest BCUT2D eigenvalue weighted by molar-refractivity contribution is 5.89. The first-order valence-electron chi connectivity index (χ1n) is 8.22. The van der Waals surface area contributed by atoms with E-state index in [4.69, 9.17) is 0 Å². The van der Waals surface area contributed by atoms with Crippen LogP contribution in [-0.2, 0) is 15.0 Å². The van der Waals surface area contributed by atoms with Crippen molar-refractivity contribution in [3.8, 4) is 0 Å². The summed E-state index contributed by atoms with van der Waals surface area (Å²) >= 11 is 0. The number of aliphatic carboxylic acids is 1. The summed E-state index contributed by atoms with van der Waals surface area (Å²) in [5.41, 5.74) is 0.138. The van der Waals surface area contributed by atoms with Crippen molar-refractivity contribution in [2.45, 2.75) is 38.0 Å². The molecule has 1 N–H and O–H groups in total. The number of hydrogen-bond donors (Lipinski definition) is 1. The number of amides is 1. The third-order valence-corrected chi connectivity index (χ3v) is 5.50. The highest BCUT2D eigenvalue weighted by atomic mass is 19.1. The SMILES string of the molecule is CC1CN(C(=O)C2(c3cccc(F)c3)CCC2)CCC1C(=O)O. The first-order valence-corrected chi connectivity index (χ1v) is 8.22. The second-order valence-corrected chi connectivity index (χ2v) is 6.91. The molecular formula is C18H22FNO3. The van der Waals surface area contributed by atoms with Crippen LogP contribution >= 0.6 is 0 Å². The molecule has 1 heterocycles. The normalized spacial score (nSPS) is 26.4. The minimum absolute atomic E-state index is 0.0324. The summed E-state index contributed by atoms with van der Waals surface area (Å²) in [6.45, 7) is 2.82. The van der Waals surface area contributed by atoms with Gasteiger partial charge in [-0.3, -0.25) is 9.59 Å². The van der Waals surface area contributed by atoms with Crippen molar-refractivity contribution >= 4 is 11.9 Å². The van der Waals surface area contributed by atoms with Crippen LogP contribution in [0.2, 0.25) is 0 Å². The lowest BCUT2D eigenvalue weighted by molar-refractivity contribution is -0.151. The molecule has 1 amide bonds. The summed E-state index contributed by atoms with van der Waals surface area (Å²) < 4.78 is 13.6. The van der Waals surface area contributed by atoms with Gasteiger partial charge in [-0.05, 0) is 42.9 Å². The van der Waals surface area contributed by atoms with Gasteiger partial charge < -0.3 is 10.0 Å². The number of hydrogen-bond acceptors (Lipinski definition) is 2. The molecule has 124 valence electrons. The predicted molar refractivity (Wildman–Crippen MR) is 83.4 cm³/mol. The minimum Gasteiger partial charge on any atom is -0.481 e. The van der Waals surface area contributed by atoms with Gasteiger partial charge in [-0.2, -0.15) is 0 Å². The Labute approximate surface area is 135 Å². The van der Waals surface area contributed by atoms with Crippen molar-refractivity contribution in [3.63, 3.8) is 0 Å². The number of nitrogens with zero attached hydrogens (tertiary/aromatic N) is 1. The second-order valence-electron chi connectivity index (χ2n) is 6.91. The van der Waals surface area contributed by atoms with Crippen LogP contribution < -0.4 is 0 Å². The lowest BCUT2D eigenvalue weighted by Crippen LogP contribution is -2.55. The third-order valence-electron chi connectivity index (χ3n) is 5.50. The van der Waals surface area contributed by atoms with E-state index in [1.165, 1.54) is 12.1 Å². The molecule has 0 aromatic heterocycles. The Hall–Kier alpha value is -1.91. The molecular weight excluding hydrogens is 297 g/mol. The van der Waals surface area contributed by atoms with Gasteiger partial charge >= 0.3 is 5.97 Å². The fraction of sp³-hybridized carbons (Fsp3) is 0.556. The molecule has 3 rings (SSSR count). The topological polar surface area (TPSA) is 57.6 Å². The standard InChI is InChI=1S/C18H22FNO3/c1-12-11-20(9-6-15(12)16(21)22)17(23)18(7-3-8-18)13-4-2-5-14(19)10-13/h2,4-5,10,12,15H,3,6-9,11H2,1H3,(H,21,22). The van der Waals surface area contributed by atoms with Gasteiger partial charge in [0.1, 0.15) is 5.82 Å². The van der Waals surface area contributed by atoms with Crippen LogP contribution in [0.1, 0.15) is 38.2 Å². The summed E-state index contributed by atoms with van der Waals surface area (Å²) in [7, 11) is 0. The number of carbonyl (C=O) groups excluding carboxylic acids is 1. The predicted octanol–water partition coefficient (Wildman–Crippen LogP) is 2.82. The summed E-state index contributed by atoms with van der Waals surface area (Å²) in [6, 6.07) is 6.33. The summed E-state index contributed by atoms with van der Waals surface area (Å²) in [5, 5.41) is 9.21. The maximum absolute atomic E-state index is 13.6. The van der Waals surface area contributed by atoms with E-state index in [-0.39, 0.29) is 23.6 Å². The molecule has 0 bridgehead atoms. The average Bonchev–Trinajstić information content (AvgIpc) is 2.45. The largest absolute Gasteiger partial charge is 0.481 e. The number of carbonyl (C=O) groups is 2. The van der Waals surface area contributed by atoms with Gasteiger partial charge in [0.05, 0.1) is 11.3 Å². The average molecular weight is 319 g/mol. The molecule has 1 saturated carbocycles. The summed E-state index contributed by atoms with van der Waals surface area (Å²) in [5.74, 6) is -1.52. The molecule has 2 atom stereocenters. The van der Waals surface area contributed by atoms with Crippen LogP contribution in [0.15, 0.2) is 24.3 Å². The molecule has 1 saturated heterocycles. The van der Waals surface area contributed by atoms with E-state index < -0.39 is 11.4 Å². The van der Waals surface area contributed by atoms with Gasteiger partial charge in [-0.25, -0.2) is 4.39 Å². The van der Waals surface area contributed by atoms with E-state index in [2.05, 4.69) is 0 Å². The van der Waals surface area contributed by atoms with Gasteiger partial charge in [0.25, 0.3) is 0 Å². The first-order chi connectivity index (χ1) is 10.9. The molecule has 1 aromatic carbocycles. The zero-order chi connectivity index (χ0) is 16.6. The zero-order valence-corrected chi connectivity index (χ0v) is 13.3. The van der Waals surface area contributed by atoms with Gasteiger partial charge in [-0.1, -0.05) is 25.5 Å². The Morgan fingerprint density at radius 1 is 1.35 bits per heavy atom. The molecule has 4 nitrogen and oxygen atoms in total. The van der Waals surface area contributed by atoms with Gasteiger partial charge in [0, 0.05) is 13.1 Å². The molecule has 1 aliphatic carbocycles. The van der Waals surface area contributed by atoms with Gasteiger partial charge in [-0.15, -0.1) is 0 Å². The number of rotatable bonds is 3. The maximum atomic E-state index is 13.6. The van der Waals surface area contributed by atoms with E-state index in [0.717, 1.165) is 24.8 Å². The Bertz CT molecular complexity index is 626. The number of carboxylic acids is 1.